The van der Waals surface area contributed by atoms with Crippen LogP contribution < -0.4 is 4.90 Å². The van der Waals surface area contributed by atoms with Crippen LogP contribution >= 0.6 is 0 Å². The molecule has 1 amide bonds. The van der Waals surface area contributed by atoms with Gasteiger partial charge < -0.3 is 9.80 Å². The van der Waals surface area contributed by atoms with E-state index in [4.69, 9.17) is 11.6 Å². The Hall–Kier alpha value is -2.95. The first kappa shape index (κ1) is 19.4. The predicted octanol–water partition coefficient (Wildman–Crippen LogP) is 2.90. The molecule has 0 bridgehead atoms. The van der Waals surface area contributed by atoms with Crippen molar-refractivity contribution in [3.63, 3.8) is 0 Å². The minimum atomic E-state index is 0.146. The second-order valence-corrected chi connectivity index (χ2v) is 8.45. The number of aromatic nitrogens is 4. The van der Waals surface area contributed by atoms with Crippen LogP contribution in [0.1, 0.15) is 33.1 Å². The van der Waals surface area contributed by atoms with E-state index < -0.39 is 0 Å². The minimum absolute atomic E-state index is 0.146. The maximum absolute atomic E-state index is 12.8. The molecule has 8 heteroatoms. The molecule has 1 aliphatic heterocycles. The van der Waals surface area contributed by atoms with Crippen molar-refractivity contribution < 1.29 is 4.79 Å². The highest BCUT2D eigenvalue weighted by atomic mass is 16.2. The summed E-state index contributed by atoms with van der Waals surface area (Å²) in [6.07, 6.45) is 8.18. The molecule has 2 aromatic rings. The highest BCUT2D eigenvalue weighted by Crippen LogP contribution is 2.35. The van der Waals surface area contributed by atoms with Crippen LogP contribution in [-0.2, 0) is 11.8 Å². The SMILES string of the molecule is [C-]#[N+]c1cnc(-c2cnn(C)c2)nc1N1CCN(C(=O)C2CC2)[C@H](CC(C)C)C1. The lowest BCUT2D eigenvalue weighted by molar-refractivity contribution is -0.135. The number of hydrogen-bond donors (Lipinski definition) is 0. The molecule has 1 saturated heterocycles. The van der Waals surface area contributed by atoms with Crippen molar-refractivity contribution in [3.05, 3.63) is 30.0 Å². The van der Waals surface area contributed by atoms with E-state index in [9.17, 15) is 4.79 Å². The van der Waals surface area contributed by atoms with E-state index in [2.05, 4.69) is 38.6 Å². The van der Waals surface area contributed by atoms with Crippen LogP contribution in [0.15, 0.2) is 18.6 Å². The first-order valence-corrected chi connectivity index (χ1v) is 10.2. The lowest BCUT2D eigenvalue weighted by Crippen LogP contribution is -2.56. The fraction of sp³-hybridized carbons (Fsp3) is 0.571. The first-order chi connectivity index (χ1) is 14.0. The third-order valence-corrected chi connectivity index (χ3v) is 5.57. The van der Waals surface area contributed by atoms with Crippen LogP contribution in [0, 0.1) is 18.4 Å². The van der Waals surface area contributed by atoms with Crippen LogP contribution in [0.4, 0.5) is 11.5 Å². The Bertz CT molecular complexity index is 941. The zero-order chi connectivity index (χ0) is 20.5. The lowest BCUT2D eigenvalue weighted by Gasteiger charge is -2.43. The van der Waals surface area contributed by atoms with Gasteiger partial charge in [0.25, 0.3) is 0 Å². The molecule has 0 unspecified atom stereocenters. The van der Waals surface area contributed by atoms with Crippen molar-refractivity contribution in [2.24, 2.45) is 18.9 Å². The summed E-state index contributed by atoms with van der Waals surface area (Å²) in [6.45, 7) is 14.0. The van der Waals surface area contributed by atoms with E-state index in [0.29, 0.717) is 48.8 Å². The Morgan fingerprint density at radius 1 is 1.31 bits per heavy atom. The van der Waals surface area contributed by atoms with Crippen molar-refractivity contribution in [2.45, 2.75) is 39.2 Å². The average Bonchev–Trinajstić information content (AvgIpc) is 3.47. The molecule has 2 fully saturated rings. The molecule has 3 heterocycles. The van der Waals surface area contributed by atoms with Crippen molar-refractivity contribution >= 4 is 17.4 Å². The Balaban J connectivity index is 1.61. The van der Waals surface area contributed by atoms with Gasteiger partial charge in [0.1, 0.15) is 5.82 Å². The standard InChI is InChI=1S/C21H27N7O/c1-14(2)9-17-13-27(7-8-28(17)21(29)15-5-6-15)20-18(22-3)11-23-19(25-20)16-10-24-26(4)12-16/h10-12,14-15,17H,5-9,13H2,1-2,4H3/t17-/m1/s1. The zero-order valence-electron chi connectivity index (χ0n) is 17.2. The van der Waals surface area contributed by atoms with Crippen LogP contribution in [0.2, 0.25) is 0 Å². The van der Waals surface area contributed by atoms with Gasteiger partial charge in [-0.2, -0.15) is 5.10 Å². The highest BCUT2D eigenvalue weighted by Gasteiger charge is 2.39. The number of aryl methyl sites for hydroxylation is 1. The van der Waals surface area contributed by atoms with Gasteiger partial charge in [-0.25, -0.2) is 14.8 Å². The minimum Gasteiger partial charge on any atom is -0.361 e. The number of rotatable bonds is 5. The fourth-order valence-corrected chi connectivity index (χ4v) is 4.00. The summed E-state index contributed by atoms with van der Waals surface area (Å²) in [5.41, 5.74) is 1.27. The van der Waals surface area contributed by atoms with Crippen molar-refractivity contribution in [2.75, 3.05) is 24.5 Å². The summed E-state index contributed by atoms with van der Waals surface area (Å²) >= 11 is 0. The van der Waals surface area contributed by atoms with Gasteiger partial charge in [0.05, 0.1) is 18.3 Å². The van der Waals surface area contributed by atoms with Gasteiger partial charge in [-0.05, 0) is 25.2 Å². The molecular weight excluding hydrogens is 366 g/mol. The fourth-order valence-electron chi connectivity index (χ4n) is 4.00. The number of amides is 1. The molecule has 1 aliphatic carbocycles. The van der Waals surface area contributed by atoms with Crippen LogP contribution in [0.25, 0.3) is 16.2 Å². The maximum Gasteiger partial charge on any atom is 0.246 e. The van der Waals surface area contributed by atoms with Crippen molar-refractivity contribution in [1.29, 1.82) is 0 Å². The van der Waals surface area contributed by atoms with E-state index >= 15 is 0 Å². The Morgan fingerprint density at radius 3 is 2.72 bits per heavy atom. The topological polar surface area (TPSA) is 71.5 Å². The summed E-state index contributed by atoms with van der Waals surface area (Å²) in [4.78, 5) is 29.7. The molecule has 0 spiro atoms. The number of anilines is 1. The number of carbonyl (C=O) groups is 1. The highest BCUT2D eigenvalue weighted by molar-refractivity contribution is 5.82. The largest absolute Gasteiger partial charge is 0.361 e. The van der Waals surface area contributed by atoms with Crippen molar-refractivity contribution in [3.8, 4) is 11.4 Å². The Morgan fingerprint density at radius 2 is 2.10 bits per heavy atom. The van der Waals surface area contributed by atoms with E-state index in [1.165, 1.54) is 0 Å². The summed E-state index contributed by atoms with van der Waals surface area (Å²) in [7, 11) is 1.85. The summed E-state index contributed by atoms with van der Waals surface area (Å²) in [6, 6.07) is 0.146. The third-order valence-electron chi connectivity index (χ3n) is 5.57. The molecule has 0 aromatic carbocycles. The van der Waals surface area contributed by atoms with Crippen LogP contribution in [-0.4, -0.2) is 56.2 Å². The van der Waals surface area contributed by atoms with E-state index in [0.717, 1.165) is 24.8 Å². The first-order valence-electron chi connectivity index (χ1n) is 10.2. The van der Waals surface area contributed by atoms with Gasteiger partial charge in [0.2, 0.25) is 11.6 Å². The molecule has 4 rings (SSSR count). The smallest absolute Gasteiger partial charge is 0.246 e. The quantitative estimate of drug-likeness (QED) is 0.731. The molecule has 29 heavy (non-hydrogen) atoms. The number of nitrogens with zero attached hydrogens (tertiary/aromatic N) is 7. The van der Waals surface area contributed by atoms with E-state index in [1.807, 2.05) is 13.2 Å². The van der Waals surface area contributed by atoms with Gasteiger partial charge in [0.15, 0.2) is 5.82 Å². The van der Waals surface area contributed by atoms with Gasteiger partial charge in [0, 0.05) is 51.0 Å². The van der Waals surface area contributed by atoms with E-state index in [-0.39, 0.29) is 12.0 Å². The summed E-state index contributed by atoms with van der Waals surface area (Å²) in [5, 5.41) is 4.19. The lowest BCUT2D eigenvalue weighted by atomic mass is 9.99. The molecule has 1 saturated carbocycles. The van der Waals surface area contributed by atoms with Gasteiger partial charge in [-0.15, -0.1) is 0 Å². The van der Waals surface area contributed by atoms with Gasteiger partial charge in [-0.3, -0.25) is 9.48 Å². The molecular formula is C21H27N7O. The van der Waals surface area contributed by atoms with Gasteiger partial charge >= 0.3 is 0 Å². The number of piperazine rings is 1. The molecule has 1 atom stereocenters. The Labute approximate surface area is 171 Å². The molecule has 2 aliphatic rings. The van der Waals surface area contributed by atoms with E-state index in [1.54, 1.807) is 17.1 Å². The second-order valence-electron chi connectivity index (χ2n) is 8.45. The molecule has 0 radical (unpaired) electrons. The summed E-state index contributed by atoms with van der Waals surface area (Å²) in [5.74, 6) is 2.25. The van der Waals surface area contributed by atoms with Crippen LogP contribution in [0.3, 0.4) is 0 Å². The second kappa shape index (κ2) is 7.82. The Kier molecular flexibility index (Phi) is 5.22. The third kappa shape index (κ3) is 4.09. The summed E-state index contributed by atoms with van der Waals surface area (Å²) < 4.78 is 1.71. The van der Waals surface area contributed by atoms with Crippen LogP contribution in [0.5, 0.6) is 0 Å². The predicted molar refractivity (Wildman–Crippen MR) is 110 cm³/mol. The van der Waals surface area contributed by atoms with Gasteiger partial charge in [-0.1, -0.05) is 13.8 Å². The molecule has 8 nitrogen and oxygen atoms in total. The monoisotopic (exact) mass is 393 g/mol. The normalized spacial score (nSPS) is 19.5. The van der Waals surface area contributed by atoms with Crippen molar-refractivity contribution in [1.82, 2.24) is 24.6 Å². The number of carbonyl (C=O) groups excluding carboxylic acids is 1. The zero-order valence-corrected chi connectivity index (χ0v) is 17.2. The average molecular weight is 393 g/mol. The molecule has 0 N–H and O–H groups in total. The maximum atomic E-state index is 12.8. The molecule has 2 aromatic heterocycles. The molecule has 152 valence electrons. The number of hydrogen-bond acceptors (Lipinski definition) is 5.